The molecule has 32 heavy (non-hydrogen) atoms. The molecule has 2 aliphatic rings. The minimum atomic E-state index is -0.988. The number of hydrogen-bond donors (Lipinski definition) is 2. The molecule has 0 saturated heterocycles. The van der Waals surface area contributed by atoms with Gasteiger partial charge >= 0.3 is 11.9 Å². The highest BCUT2D eigenvalue weighted by atomic mass is 16.5. The monoisotopic (exact) mass is 448 g/mol. The largest absolute Gasteiger partial charge is 0.482 e. The van der Waals surface area contributed by atoms with Gasteiger partial charge in [0, 0.05) is 20.1 Å². The lowest BCUT2D eigenvalue weighted by Crippen LogP contribution is -2.28. The van der Waals surface area contributed by atoms with E-state index >= 15 is 0 Å². The van der Waals surface area contributed by atoms with Gasteiger partial charge in [0.25, 0.3) is 0 Å². The molecule has 5 atom stereocenters. The summed E-state index contributed by atoms with van der Waals surface area (Å²) in [6, 6.07) is 5.82. The van der Waals surface area contributed by atoms with E-state index in [4.69, 9.17) is 19.3 Å². The fourth-order valence-electron chi connectivity index (χ4n) is 5.41. The van der Waals surface area contributed by atoms with E-state index in [-0.39, 0.29) is 30.7 Å². The number of aliphatic hydroxyl groups is 1. The quantitative estimate of drug-likeness (QED) is 0.373. The summed E-state index contributed by atoms with van der Waals surface area (Å²) in [6.45, 7) is 2.22. The number of methoxy groups -OCH3 is 1. The van der Waals surface area contributed by atoms with E-state index < -0.39 is 5.97 Å². The maximum absolute atomic E-state index is 12.1. The van der Waals surface area contributed by atoms with Gasteiger partial charge in [0.05, 0.1) is 6.10 Å². The predicted molar refractivity (Wildman–Crippen MR) is 119 cm³/mol. The topological polar surface area (TPSA) is 102 Å². The Hall–Kier alpha value is -2.12. The van der Waals surface area contributed by atoms with E-state index in [2.05, 4.69) is 6.07 Å². The van der Waals surface area contributed by atoms with Gasteiger partial charge in [-0.05, 0) is 79.9 Å². The Morgan fingerprint density at radius 3 is 2.78 bits per heavy atom. The molecule has 7 heteroatoms. The van der Waals surface area contributed by atoms with Gasteiger partial charge in [-0.15, -0.1) is 0 Å². The van der Waals surface area contributed by atoms with Crippen LogP contribution in [0.3, 0.4) is 0 Å². The molecular formula is C25H36O7. The number of aliphatic hydroxyl groups excluding tert-OH is 1. The average Bonchev–Trinajstić information content (AvgIpc) is 3.07. The number of esters is 1. The van der Waals surface area contributed by atoms with Crippen molar-refractivity contribution >= 4 is 11.9 Å². The summed E-state index contributed by atoms with van der Waals surface area (Å²) >= 11 is 0. The fraction of sp³-hybridized carbons (Fsp3) is 0.680. The zero-order valence-corrected chi connectivity index (χ0v) is 19.1. The minimum Gasteiger partial charge on any atom is -0.482 e. The zero-order valence-electron chi connectivity index (χ0n) is 19.1. The molecule has 0 unspecified atom stereocenters. The molecule has 0 aliphatic heterocycles. The lowest BCUT2D eigenvalue weighted by molar-refractivity contribution is -0.150. The molecular weight excluding hydrogens is 412 g/mol. The Bertz CT molecular complexity index is 778. The lowest BCUT2D eigenvalue weighted by atomic mass is 9.73. The zero-order chi connectivity index (χ0) is 23.1. The second-order valence-corrected chi connectivity index (χ2v) is 9.07. The van der Waals surface area contributed by atoms with Crippen molar-refractivity contribution in [1.82, 2.24) is 0 Å². The Balaban J connectivity index is 1.59. The van der Waals surface area contributed by atoms with Crippen LogP contribution in [0.2, 0.25) is 0 Å². The van der Waals surface area contributed by atoms with Gasteiger partial charge in [0.1, 0.15) is 11.9 Å². The van der Waals surface area contributed by atoms with Crippen LogP contribution in [0.4, 0.5) is 0 Å². The molecule has 178 valence electrons. The van der Waals surface area contributed by atoms with E-state index in [9.17, 15) is 14.7 Å². The lowest BCUT2D eigenvalue weighted by Gasteiger charge is -2.32. The highest BCUT2D eigenvalue weighted by molar-refractivity contribution is 5.69. The smallest absolute Gasteiger partial charge is 0.341 e. The molecule has 0 spiro atoms. The Kier molecular flexibility index (Phi) is 8.93. The summed E-state index contributed by atoms with van der Waals surface area (Å²) < 4.78 is 16.2. The van der Waals surface area contributed by atoms with E-state index in [1.807, 2.05) is 19.1 Å². The van der Waals surface area contributed by atoms with Crippen molar-refractivity contribution in [1.29, 1.82) is 0 Å². The molecule has 0 aromatic heterocycles. The highest BCUT2D eigenvalue weighted by Gasteiger charge is 2.45. The molecule has 1 aromatic carbocycles. The molecule has 0 amide bonds. The third-order valence-electron chi connectivity index (χ3n) is 7.00. The van der Waals surface area contributed by atoms with Crippen LogP contribution in [0.25, 0.3) is 0 Å². The first-order valence-electron chi connectivity index (χ1n) is 11.7. The molecule has 2 N–H and O–H groups in total. The Morgan fingerprint density at radius 2 is 2.06 bits per heavy atom. The summed E-state index contributed by atoms with van der Waals surface area (Å²) in [4.78, 5) is 23.0. The van der Waals surface area contributed by atoms with Crippen LogP contribution in [0, 0.1) is 17.8 Å². The van der Waals surface area contributed by atoms with Crippen LogP contribution in [-0.2, 0) is 31.9 Å². The summed E-state index contributed by atoms with van der Waals surface area (Å²) in [6.07, 6.45) is 5.30. The molecule has 1 aromatic rings. The number of fused-ring (bicyclic) bond motifs is 2. The summed E-state index contributed by atoms with van der Waals surface area (Å²) in [5.41, 5.74) is 2.27. The van der Waals surface area contributed by atoms with Gasteiger partial charge in [-0.3, -0.25) is 4.79 Å². The fourth-order valence-corrected chi connectivity index (χ4v) is 5.41. The predicted octanol–water partition coefficient (Wildman–Crippen LogP) is 3.39. The van der Waals surface area contributed by atoms with Gasteiger partial charge in [-0.25, -0.2) is 4.79 Å². The minimum absolute atomic E-state index is 0.122. The standard InChI is InChI=1S/C25H36O7/c1-3-18(32-25(29)8-5-11-30-2)9-10-19-20-12-16-6-4-7-23(31-15-24(27)28)21(16)13-17(20)14-22(19)26/h4,6-7,17-20,22,26H,3,5,8-15H2,1-2H3,(H,27,28)/t17-,18-,19+,20-,22+/m0/s1. The first kappa shape index (κ1) is 24.5. The maximum Gasteiger partial charge on any atom is 0.341 e. The number of carboxylic acids is 1. The van der Waals surface area contributed by atoms with E-state index in [0.717, 1.165) is 44.1 Å². The number of hydrogen-bond acceptors (Lipinski definition) is 6. The molecule has 0 bridgehead atoms. The molecule has 1 fully saturated rings. The maximum atomic E-state index is 12.1. The molecule has 0 radical (unpaired) electrons. The Morgan fingerprint density at radius 1 is 1.25 bits per heavy atom. The normalized spacial score (nSPS) is 25.0. The molecule has 2 aliphatic carbocycles. The van der Waals surface area contributed by atoms with Crippen LogP contribution in [-0.4, -0.2) is 54.7 Å². The number of rotatable bonds is 12. The number of benzene rings is 1. The highest BCUT2D eigenvalue weighted by Crippen LogP contribution is 2.48. The molecule has 3 rings (SSSR count). The number of carboxylic acid groups (broad SMARTS) is 1. The average molecular weight is 449 g/mol. The van der Waals surface area contributed by atoms with E-state index in [1.54, 1.807) is 7.11 Å². The van der Waals surface area contributed by atoms with Crippen LogP contribution < -0.4 is 4.74 Å². The van der Waals surface area contributed by atoms with Crippen molar-refractivity contribution in [2.45, 2.75) is 70.5 Å². The first-order valence-corrected chi connectivity index (χ1v) is 11.7. The van der Waals surface area contributed by atoms with Crippen LogP contribution >= 0.6 is 0 Å². The second kappa shape index (κ2) is 11.7. The van der Waals surface area contributed by atoms with Crippen LogP contribution in [0.1, 0.15) is 56.6 Å². The first-order chi connectivity index (χ1) is 15.4. The van der Waals surface area contributed by atoms with E-state index in [0.29, 0.717) is 37.0 Å². The van der Waals surface area contributed by atoms with Gasteiger partial charge in [0.15, 0.2) is 6.61 Å². The van der Waals surface area contributed by atoms with Crippen molar-refractivity contribution < 1.29 is 34.0 Å². The van der Waals surface area contributed by atoms with Crippen LogP contribution in [0.15, 0.2) is 18.2 Å². The van der Waals surface area contributed by atoms with Gasteiger partial charge in [-0.2, -0.15) is 0 Å². The van der Waals surface area contributed by atoms with Crippen molar-refractivity contribution in [3.8, 4) is 5.75 Å². The summed E-state index contributed by atoms with van der Waals surface area (Å²) in [7, 11) is 1.62. The van der Waals surface area contributed by atoms with E-state index in [1.165, 1.54) is 5.56 Å². The van der Waals surface area contributed by atoms with Gasteiger partial charge in [0.2, 0.25) is 0 Å². The number of ether oxygens (including phenoxy) is 3. The number of aliphatic carboxylic acids is 1. The summed E-state index contributed by atoms with van der Waals surface area (Å²) in [5, 5.41) is 19.8. The SMILES string of the molecule is CC[C@@H](CC[C@@H]1[C@H]2Cc3cccc(OCC(=O)O)c3C[C@H]2C[C@H]1O)OC(=O)CCCOC. The van der Waals surface area contributed by atoms with Gasteiger partial charge in [-0.1, -0.05) is 19.1 Å². The third-order valence-corrected chi connectivity index (χ3v) is 7.00. The Labute approximate surface area is 190 Å². The summed E-state index contributed by atoms with van der Waals surface area (Å²) in [5.74, 6) is 0.387. The van der Waals surface area contributed by atoms with Crippen LogP contribution in [0.5, 0.6) is 5.75 Å². The van der Waals surface area contributed by atoms with Crippen molar-refractivity contribution in [3.63, 3.8) is 0 Å². The number of carbonyl (C=O) groups excluding carboxylic acids is 1. The van der Waals surface area contributed by atoms with Crippen molar-refractivity contribution in [2.24, 2.45) is 17.8 Å². The molecule has 7 nitrogen and oxygen atoms in total. The van der Waals surface area contributed by atoms with Crippen molar-refractivity contribution in [2.75, 3.05) is 20.3 Å². The molecule has 1 saturated carbocycles. The van der Waals surface area contributed by atoms with Gasteiger partial charge < -0.3 is 24.4 Å². The third kappa shape index (κ3) is 6.23. The second-order valence-electron chi connectivity index (χ2n) is 9.07. The number of carbonyl (C=O) groups is 2. The van der Waals surface area contributed by atoms with Crippen molar-refractivity contribution in [3.05, 3.63) is 29.3 Å². The molecule has 0 heterocycles.